The lowest BCUT2D eigenvalue weighted by atomic mass is 10.00. The van der Waals surface area contributed by atoms with Gasteiger partial charge >= 0.3 is 0 Å². The fourth-order valence-corrected chi connectivity index (χ4v) is 2.38. The van der Waals surface area contributed by atoms with E-state index in [9.17, 15) is 9.59 Å². The Kier molecular flexibility index (Phi) is 4.12. The Morgan fingerprint density at radius 3 is 2.94 bits per heavy atom. The zero-order chi connectivity index (χ0) is 12.3. The smallest absolute Gasteiger partial charge is 0.246 e. The van der Waals surface area contributed by atoms with Crippen molar-refractivity contribution in [3.8, 4) is 0 Å². The van der Waals surface area contributed by atoms with Crippen LogP contribution in [0.1, 0.15) is 25.7 Å². The van der Waals surface area contributed by atoms with Gasteiger partial charge in [-0.15, -0.1) is 0 Å². The summed E-state index contributed by atoms with van der Waals surface area (Å²) in [7, 11) is 1.56. The number of hydrogen-bond donors (Lipinski definition) is 1. The van der Waals surface area contributed by atoms with Gasteiger partial charge in [-0.2, -0.15) is 0 Å². The maximum absolute atomic E-state index is 11.8. The van der Waals surface area contributed by atoms with Crippen LogP contribution in [0, 0.1) is 5.92 Å². The molecule has 2 aliphatic heterocycles. The average molecular weight is 240 g/mol. The summed E-state index contributed by atoms with van der Waals surface area (Å²) >= 11 is 0. The molecule has 2 rings (SSSR count). The SMILES string of the molecule is CN1C(=O)CCC(NCC2CCCOC2)C1=O. The van der Waals surface area contributed by atoms with E-state index in [-0.39, 0.29) is 17.9 Å². The Labute approximate surface area is 101 Å². The highest BCUT2D eigenvalue weighted by Gasteiger charge is 2.31. The molecule has 2 saturated heterocycles. The second-order valence-electron chi connectivity index (χ2n) is 4.87. The van der Waals surface area contributed by atoms with Crippen LogP contribution in [0.25, 0.3) is 0 Å². The van der Waals surface area contributed by atoms with Crippen LogP contribution in [0.15, 0.2) is 0 Å². The van der Waals surface area contributed by atoms with E-state index >= 15 is 0 Å². The van der Waals surface area contributed by atoms with E-state index in [0.29, 0.717) is 18.8 Å². The van der Waals surface area contributed by atoms with Gasteiger partial charge in [0.1, 0.15) is 0 Å². The molecule has 2 amide bonds. The summed E-state index contributed by atoms with van der Waals surface area (Å²) in [4.78, 5) is 24.4. The number of amides is 2. The molecule has 5 heteroatoms. The summed E-state index contributed by atoms with van der Waals surface area (Å²) < 4.78 is 5.40. The van der Waals surface area contributed by atoms with Gasteiger partial charge < -0.3 is 10.1 Å². The molecule has 2 atom stereocenters. The zero-order valence-corrected chi connectivity index (χ0v) is 10.3. The van der Waals surface area contributed by atoms with E-state index in [0.717, 1.165) is 32.6 Å². The molecule has 2 fully saturated rings. The third-order valence-electron chi connectivity index (χ3n) is 3.56. The van der Waals surface area contributed by atoms with Crippen molar-refractivity contribution in [2.75, 3.05) is 26.8 Å². The van der Waals surface area contributed by atoms with Gasteiger partial charge in [0.15, 0.2) is 0 Å². The first-order valence-electron chi connectivity index (χ1n) is 6.30. The molecule has 0 bridgehead atoms. The van der Waals surface area contributed by atoms with Crippen molar-refractivity contribution >= 4 is 11.8 Å². The minimum atomic E-state index is -0.195. The number of carbonyl (C=O) groups excluding carboxylic acids is 2. The van der Waals surface area contributed by atoms with Crippen molar-refractivity contribution in [3.63, 3.8) is 0 Å². The molecule has 2 aliphatic rings. The van der Waals surface area contributed by atoms with E-state index in [1.54, 1.807) is 7.05 Å². The molecule has 0 radical (unpaired) electrons. The Morgan fingerprint density at radius 1 is 1.41 bits per heavy atom. The van der Waals surface area contributed by atoms with E-state index in [1.165, 1.54) is 4.90 Å². The van der Waals surface area contributed by atoms with Crippen molar-refractivity contribution in [1.82, 2.24) is 10.2 Å². The van der Waals surface area contributed by atoms with Crippen molar-refractivity contribution in [2.45, 2.75) is 31.7 Å². The quantitative estimate of drug-likeness (QED) is 0.713. The van der Waals surface area contributed by atoms with Gasteiger partial charge in [0.25, 0.3) is 0 Å². The summed E-state index contributed by atoms with van der Waals surface area (Å²) in [6, 6.07) is -0.195. The van der Waals surface area contributed by atoms with Crippen LogP contribution in [0.4, 0.5) is 0 Å². The summed E-state index contributed by atoms with van der Waals surface area (Å²) in [5.41, 5.74) is 0. The number of nitrogens with one attached hydrogen (secondary N) is 1. The Balaban J connectivity index is 1.78. The molecule has 96 valence electrons. The van der Waals surface area contributed by atoms with Gasteiger partial charge in [0, 0.05) is 26.6 Å². The predicted octanol–water partition coefficient (Wildman–Crippen LogP) is 0.150. The standard InChI is InChI=1S/C12H20N2O3/c1-14-11(15)5-4-10(12(14)16)13-7-9-3-2-6-17-8-9/h9-10,13H,2-8H2,1H3. The molecule has 0 spiro atoms. The molecule has 17 heavy (non-hydrogen) atoms. The van der Waals surface area contributed by atoms with Crippen molar-refractivity contribution in [2.24, 2.45) is 5.92 Å². The highest BCUT2D eigenvalue weighted by atomic mass is 16.5. The molecule has 0 aromatic rings. The summed E-state index contributed by atoms with van der Waals surface area (Å²) in [6.07, 6.45) is 3.34. The molecule has 0 aromatic heterocycles. The fourth-order valence-electron chi connectivity index (χ4n) is 2.38. The first-order valence-corrected chi connectivity index (χ1v) is 6.30. The maximum Gasteiger partial charge on any atom is 0.246 e. The third-order valence-corrected chi connectivity index (χ3v) is 3.56. The van der Waals surface area contributed by atoms with Crippen LogP contribution >= 0.6 is 0 Å². The van der Waals surface area contributed by atoms with Gasteiger partial charge in [-0.1, -0.05) is 0 Å². The van der Waals surface area contributed by atoms with Crippen LogP contribution in [0.2, 0.25) is 0 Å². The Hall–Kier alpha value is -0.940. The number of nitrogens with zero attached hydrogens (tertiary/aromatic N) is 1. The maximum atomic E-state index is 11.8. The second kappa shape index (κ2) is 5.60. The van der Waals surface area contributed by atoms with Crippen LogP contribution in [0.5, 0.6) is 0 Å². The summed E-state index contributed by atoms with van der Waals surface area (Å²) in [5, 5.41) is 3.27. The summed E-state index contributed by atoms with van der Waals surface area (Å²) in [5.74, 6) is 0.325. The van der Waals surface area contributed by atoms with E-state index in [4.69, 9.17) is 4.74 Å². The average Bonchev–Trinajstić information content (AvgIpc) is 2.36. The molecule has 0 saturated carbocycles. The monoisotopic (exact) mass is 240 g/mol. The van der Waals surface area contributed by atoms with Gasteiger partial charge in [-0.3, -0.25) is 14.5 Å². The van der Waals surface area contributed by atoms with E-state index in [1.807, 2.05) is 0 Å². The third kappa shape index (κ3) is 3.04. The van der Waals surface area contributed by atoms with Crippen LogP contribution < -0.4 is 5.32 Å². The van der Waals surface area contributed by atoms with Gasteiger partial charge in [-0.25, -0.2) is 0 Å². The molecular weight excluding hydrogens is 220 g/mol. The molecular formula is C12H20N2O3. The van der Waals surface area contributed by atoms with Gasteiger partial charge in [-0.05, 0) is 25.2 Å². The number of carbonyl (C=O) groups is 2. The number of likely N-dealkylation sites (tertiary alicyclic amines) is 1. The Bertz CT molecular complexity index is 300. The van der Waals surface area contributed by atoms with Crippen LogP contribution in [-0.4, -0.2) is 49.6 Å². The predicted molar refractivity (Wildman–Crippen MR) is 62.3 cm³/mol. The first kappa shape index (κ1) is 12.5. The number of ether oxygens (including phenoxy) is 1. The van der Waals surface area contributed by atoms with E-state index < -0.39 is 0 Å². The molecule has 0 aliphatic carbocycles. The largest absolute Gasteiger partial charge is 0.381 e. The fraction of sp³-hybridized carbons (Fsp3) is 0.833. The number of hydrogen-bond acceptors (Lipinski definition) is 4. The molecule has 5 nitrogen and oxygen atoms in total. The van der Waals surface area contributed by atoms with Crippen molar-refractivity contribution < 1.29 is 14.3 Å². The normalized spacial score (nSPS) is 30.8. The van der Waals surface area contributed by atoms with Crippen LogP contribution in [0.3, 0.4) is 0 Å². The number of likely N-dealkylation sites (N-methyl/N-ethyl adjacent to an activating group) is 1. The van der Waals surface area contributed by atoms with Crippen molar-refractivity contribution in [1.29, 1.82) is 0 Å². The highest BCUT2D eigenvalue weighted by molar-refractivity contribution is 6.00. The Morgan fingerprint density at radius 2 is 2.24 bits per heavy atom. The minimum Gasteiger partial charge on any atom is -0.381 e. The molecule has 2 heterocycles. The van der Waals surface area contributed by atoms with Crippen LogP contribution in [-0.2, 0) is 14.3 Å². The minimum absolute atomic E-state index is 0.0750. The van der Waals surface area contributed by atoms with Gasteiger partial charge in [0.2, 0.25) is 11.8 Å². The molecule has 2 unspecified atom stereocenters. The summed E-state index contributed by atoms with van der Waals surface area (Å²) in [6.45, 7) is 2.44. The van der Waals surface area contributed by atoms with E-state index in [2.05, 4.69) is 5.32 Å². The lowest BCUT2D eigenvalue weighted by Crippen LogP contribution is -2.52. The zero-order valence-electron chi connectivity index (χ0n) is 10.3. The van der Waals surface area contributed by atoms with Crippen molar-refractivity contribution in [3.05, 3.63) is 0 Å². The second-order valence-corrected chi connectivity index (χ2v) is 4.87. The van der Waals surface area contributed by atoms with Gasteiger partial charge in [0.05, 0.1) is 12.6 Å². The number of piperidine rings is 1. The highest BCUT2D eigenvalue weighted by Crippen LogP contribution is 2.15. The number of imide groups is 1. The molecule has 1 N–H and O–H groups in total. The molecule has 0 aromatic carbocycles. The number of rotatable bonds is 3. The lowest BCUT2D eigenvalue weighted by Gasteiger charge is -2.30. The topological polar surface area (TPSA) is 58.6 Å². The lowest BCUT2D eigenvalue weighted by molar-refractivity contribution is -0.148. The first-order chi connectivity index (χ1) is 8.18.